The highest BCUT2D eigenvalue weighted by molar-refractivity contribution is 5.66. The molecule has 3 nitrogen and oxygen atoms in total. The summed E-state index contributed by atoms with van der Waals surface area (Å²) in [6.07, 6.45) is 11.1. The van der Waals surface area contributed by atoms with Crippen molar-refractivity contribution >= 4 is 5.97 Å². The molecule has 1 N–H and O–H groups in total. The molecule has 0 radical (unpaired) electrons. The van der Waals surface area contributed by atoms with Crippen molar-refractivity contribution in [2.45, 2.75) is 93.1 Å². The molecule has 0 aliphatic heterocycles. The zero-order valence-corrected chi connectivity index (χ0v) is 17.5. The highest BCUT2D eigenvalue weighted by atomic mass is 16.5. The Balaban J connectivity index is 0.000000477. The van der Waals surface area contributed by atoms with E-state index in [0.29, 0.717) is 5.92 Å². The summed E-state index contributed by atoms with van der Waals surface area (Å²) >= 11 is 0. The number of hydrogen-bond acceptors (Lipinski definition) is 3. The number of aliphatic hydroxyl groups excluding tert-OH is 1. The number of hydrogen-bond donors (Lipinski definition) is 1. The van der Waals surface area contributed by atoms with Gasteiger partial charge in [0.15, 0.2) is 0 Å². The molecule has 0 aromatic carbocycles. The van der Waals surface area contributed by atoms with Gasteiger partial charge in [-0.05, 0) is 58.3 Å². The van der Waals surface area contributed by atoms with Crippen LogP contribution in [0.4, 0.5) is 0 Å². The lowest BCUT2D eigenvalue weighted by Gasteiger charge is -2.39. The Labute approximate surface area is 155 Å². The first kappa shape index (κ1) is 23.9. The smallest absolute Gasteiger partial charge is 0.302 e. The molecule has 1 saturated carbocycles. The quantitative estimate of drug-likeness (QED) is 0.500. The van der Waals surface area contributed by atoms with Crippen LogP contribution in [0.1, 0.15) is 87.0 Å². The summed E-state index contributed by atoms with van der Waals surface area (Å²) in [4.78, 5) is 11.0. The average molecular weight is 353 g/mol. The fraction of sp³-hybridized carbons (Fsp3) is 0.773. The van der Waals surface area contributed by atoms with Crippen molar-refractivity contribution in [3.63, 3.8) is 0 Å². The fourth-order valence-corrected chi connectivity index (χ4v) is 3.29. The second-order valence-corrected chi connectivity index (χ2v) is 8.46. The van der Waals surface area contributed by atoms with E-state index in [1.807, 2.05) is 6.08 Å². The lowest BCUT2D eigenvalue weighted by molar-refractivity contribution is -0.153. The van der Waals surface area contributed by atoms with Crippen molar-refractivity contribution in [1.82, 2.24) is 0 Å². The van der Waals surface area contributed by atoms with Crippen LogP contribution in [0, 0.1) is 11.3 Å². The Kier molecular flexibility index (Phi) is 11.8. The lowest BCUT2D eigenvalue weighted by Crippen LogP contribution is -2.37. The molecule has 0 amide bonds. The molecule has 0 aromatic rings. The van der Waals surface area contributed by atoms with E-state index < -0.39 is 0 Å². The van der Waals surface area contributed by atoms with Gasteiger partial charge in [0.1, 0.15) is 6.10 Å². The number of esters is 1. The number of rotatable bonds is 5. The summed E-state index contributed by atoms with van der Waals surface area (Å²) in [6, 6.07) is 0. The van der Waals surface area contributed by atoms with Gasteiger partial charge in [-0.15, -0.1) is 0 Å². The topological polar surface area (TPSA) is 46.5 Å². The Morgan fingerprint density at radius 3 is 2.16 bits per heavy atom. The van der Waals surface area contributed by atoms with E-state index in [1.165, 1.54) is 37.3 Å². The zero-order valence-electron chi connectivity index (χ0n) is 17.5. The Hall–Kier alpha value is -1.09. The van der Waals surface area contributed by atoms with Gasteiger partial charge < -0.3 is 9.84 Å². The molecule has 1 aliphatic rings. The Bertz CT molecular complexity index is 437. The van der Waals surface area contributed by atoms with Crippen LogP contribution in [-0.2, 0) is 9.53 Å². The summed E-state index contributed by atoms with van der Waals surface area (Å²) in [6.45, 7) is 14.6. The van der Waals surface area contributed by atoms with Gasteiger partial charge in [0.05, 0.1) is 6.61 Å². The minimum absolute atomic E-state index is 0.133. The molecule has 1 fully saturated rings. The molecule has 2 unspecified atom stereocenters. The van der Waals surface area contributed by atoms with Crippen molar-refractivity contribution < 1.29 is 14.6 Å². The minimum Gasteiger partial charge on any atom is -0.462 e. The second-order valence-electron chi connectivity index (χ2n) is 8.46. The maximum absolute atomic E-state index is 11.0. The summed E-state index contributed by atoms with van der Waals surface area (Å²) in [7, 11) is 0. The number of ether oxygens (including phenoxy) is 1. The number of carbonyl (C=O) groups excluding carboxylic acids is 1. The van der Waals surface area contributed by atoms with Crippen LogP contribution in [-0.4, -0.2) is 23.8 Å². The van der Waals surface area contributed by atoms with E-state index in [1.54, 1.807) is 0 Å². The van der Waals surface area contributed by atoms with Crippen LogP contribution in [0.3, 0.4) is 0 Å². The predicted octanol–water partition coefficient (Wildman–Crippen LogP) is 5.83. The van der Waals surface area contributed by atoms with Crippen LogP contribution in [0.15, 0.2) is 23.3 Å². The molecule has 146 valence electrons. The molecule has 0 aromatic heterocycles. The van der Waals surface area contributed by atoms with Gasteiger partial charge in [-0.3, -0.25) is 4.79 Å². The molecule has 2 atom stereocenters. The minimum atomic E-state index is -0.133. The molecule has 0 spiro atoms. The third-order valence-corrected chi connectivity index (χ3v) is 4.66. The van der Waals surface area contributed by atoms with Gasteiger partial charge in [0, 0.05) is 12.8 Å². The van der Waals surface area contributed by atoms with Gasteiger partial charge in [-0.1, -0.05) is 50.5 Å². The first-order valence-corrected chi connectivity index (χ1v) is 9.65. The summed E-state index contributed by atoms with van der Waals surface area (Å²) < 4.78 is 5.39. The fourth-order valence-electron chi connectivity index (χ4n) is 3.29. The van der Waals surface area contributed by atoms with Crippen molar-refractivity contribution in [1.29, 1.82) is 0 Å². The predicted molar refractivity (Wildman–Crippen MR) is 106 cm³/mol. The maximum Gasteiger partial charge on any atom is 0.302 e. The number of aliphatic hydroxyl groups is 1. The van der Waals surface area contributed by atoms with Crippen molar-refractivity contribution in [3.05, 3.63) is 23.3 Å². The highest BCUT2D eigenvalue weighted by Crippen LogP contribution is 2.39. The van der Waals surface area contributed by atoms with E-state index in [4.69, 9.17) is 9.84 Å². The van der Waals surface area contributed by atoms with Gasteiger partial charge in [-0.2, -0.15) is 0 Å². The van der Waals surface area contributed by atoms with Gasteiger partial charge in [0.2, 0.25) is 0 Å². The Morgan fingerprint density at radius 2 is 1.68 bits per heavy atom. The SMILES string of the molecule is CC(=O)OC1CCCCC1C(C)(C)C.CC(C)=CCC/C(C)=C\CO. The number of allylic oxidation sites excluding steroid dienone is 3. The largest absolute Gasteiger partial charge is 0.462 e. The van der Waals surface area contributed by atoms with Crippen molar-refractivity contribution in [2.75, 3.05) is 6.61 Å². The number of carbonyl (C=O) groups is 1. The van der Waals surface area contributed by atoms with Crippen LogP contribution < -0.4 is 0 Å². The summed E-state index contributed by atoms with van der Waals surface area (Å²) in [5.41, 5.74) is 2.88. The third kappa shape index (κ3) is 12.0. The summed E-state index contributed by atoms with van der Waals surface area (Å²) in [5.74, 6) is 0.395. The zero-order chi connectivity index (χ0) is 19.5. The molecule has 1 aliphatic carbocycles. The van der Waals surface area contributed by atoms with Gasteiger partial charge in [0.25, 0.3) is 0 Å². The molecule has 1 rings (SSSR count). The van der Waals surface area contributed by atoms with Crippen molar-refractivity contribution in [3.8, 4) is 0 Å². The van der Waals surface area contributed by atoms with E-state index in [9.17, 15) is 4.79 Å². The molecule has 25 heavy (non-hydrogen) atoms. The maximum atomic E-state index is 11.0. The van der Waals surface area contributed by atoms with Crippen LogP contribution in [0.2, 0.25) is 0 Å². The molecular weight excluding hydrogens is 312 g/mol. The van der Waals surface area contributed by atoms with E-state index in [2.05, 4.69) is 47.6 Å². The Morgan fingerprint density at radius 1 is 1.08 bits per heavy atom. The molecular formula is C22H40O3. The van der Waals surface area contributed by atoms with E-state index in [-0.39, 0.29) is 24.1 Å². The molecule has 0 bridgehead atoms. The molecule has 0 saturated heterocycles. The first-order valence-electron chi connectivity index (χ1n) is 9.65. The molecule has 0 heterocycles. The monoisotopic (exact) mass is 352 g/mol. The van der Waals surface area contributed by atoms with Crippen LogP contribution in [0.5, 0.6) is 0 Å². The van der Waals surface area contributed by atoms with Gasteiger partial charge >= 0.3 is 5.97 Å². The molecule has 3 heteroatoms. The van der Waals surface area contributed by atoms with Gasteiger partial charge in [-0.25, -0.2) is 0 Å². The second kappa shape index (κ2) is 12.3. The highest BCUT2D eigenvalue weighted by Gasteiger charge is 2.35. The van der Waals surface area contributed by atoms with Crippen molar-refractivity contribution in [2.24, 2.45) is 11.3 Å². The van der Waals surface area contributed by atoms with E-state index in [0.717, 1.165) is 19.3 Å². The summed E-state index contributed by atoms with van der Waals surface area (Å²) in [5, 5.41) is 8.55. The average Bonchev–Trinajstić information content (AvgIpc) is 2.46. The van der Waals surface area contributed by atoms with E-state index >= 15 is 0 Å². The standard InChI is InChI=1S/C12H22O2.C10H18O/c1-9(13)14-11-8-6-5-7-10(11)12(2,3)4;1-9(2)5-4-6-10(3)7-8-11/h10-11H,5-8H2,1-4H3;5,7,11H,4,6,8H2,1-3H3/b;10-7-. The lowest BCUT2D eigenvalue weighted by atomic mass is 9.71. The van der Waals surface area contributed by atoms with Crippen LogP contribution >= 0.6 is 0 Å². The first-order chi connectivity index (χ1) is 11.6. The third-order valence-electron chi connectivity index (χ3n) is 4.66. The van der Waals surface area contributed by atoms with Crippen LogP contribution in [0.25, 0.3) is 0 Å². The normalized spacial score (nSPS) is 21.0.